The highest BCUT2D eigenvalue weighted by molar-refractivity contribution is 5.88. The van der Waals surface area contributed by atoms with E-state index >= 15 is 0 Å². The summed E-state index contributed by atoms with van der Waals surface area (Å²) >= 11 is 0. The normalized spacial score (nSPS) is 39.2. The zero-order chi connectivity index (χ0) is 24.3. The first kappa shape index (κ1) is 25.7. The van der Waals surface area contributed by atoms with Crippen molar-refractivity contribution in [2.24, 2.45) is 0 Å². The predicted octanol–water partition coefficient (Wildman–Crippen LogP) is -3.35. The molecule has 186 valence electrons. The molecule has 2 saturated heterocycles. The average Bonchev–Trinajstić information content (AvgIpc) is 2.79. The number of aliphatic hydroxyl groups is 7. The summed E-state index contributed by atoms with van der Waals surface area (Å²) < 4.78 is 21.8. The molecule has 2 heterocycles. The van der Waals surface area contributed by atoms with Crippen molar-refractivity contribution in [2.45, 2.75) is 68.3 Å². The van der Waals surface area contributed by atoms with E-state index in [4.69, 9.17) is 18.9 Å². The number of benzene rings is 1. The van der Waals surface area contributed by atoms with Gasteiger partial charge in [0, 0.05) is 12.6 Å². The summed E-state index contributed by atoms with van der Waals surface area (Å²) in [5.41, 5.74) is 0.515. The molecule has 0 saturated carbocycles. The molecule has 1 amide bonds. The molecule has 2 fully saturated rings. The molecule has 3 rings (SSSR count). The van der Waals surface area contributed by atoms with E-state index in [0.717, 1.165) is 0 Å². The zero-order valence-corrected chi connectivity index (χ0v) is 17.7. The quantitative estimate of drug-likeness (QED) is 0.195. The van der Waals surface area contributed by atoms with Gasteiger partial charge in [-0.1, -0.05) is 0 Å². The topological polar surface area (TPSA) is 208 Å². The third-order valence-electron chi connectivity index (χ3n) is 5.39. The molecule has 0 aromatic heterocycles. The van der Waals surface area contributed by atoms with Crippen LogP contribution in [0, 0.1) is 0 Å². The molecule has 1 unspecified atom stereocenters. The Morgan fingerprint density at radius 2 is 1.42 bits per heavy atom. The molecular weight excluding hydrogens is 446 g/mol. The lowest BCUT2D eigenvalue weighted by atomic mass is 9.97. The smallest absolute Gasteiger partial charge is 0.229 e. The van der Waals surface area contributed by atoms with Crippen molar-refractivity contribution in [3.05, 3.63) is 24.3 Å². The van der Waals surface area contributed by atoms with Crippen molar-refractivity contribution >= 4 is 11.6 Å². The van der Waals surface area contributed by atoms with Crippen molar-refractivity contribution in [3.8, 4) is 5.75 Å². The number of hydrogen-bond acceptors (Lipinski definition) is 12. The molecule has 2 aliphatic heterocycles. The number of aliphatic hydroxyl groups excluding tert-OH is 7. The second kappa shape index (κ2) is 11.0. The van der Waals surface area contributed by atoms with Gasteiger partial charge in [0.15, 0.2) is 6.29 Å². The van der Waals surface area contributed by atoms with Crippen LogP contribution in [-0.4, -0.2) is 116 Å². The lowest BCUT2D eigenvalue weighted by Crippen LogP contribution is -2.65. The van der Waals surface area contributed by atoms with Gasteiger partial charge in [0.1, 0.15) is 54.6 Å². The molecule has 0 spiro atoms. The largest absolute Gasteiger partial charge is 0.462 e. The monoisotopic (exact) mass is 475 g/mol. The highest BCUT2D eigenvalue weighted by Gasteiger charge is 2.51. The van der Waals surface area contributed by atoms with E-state index < -0.39 is 74.6 Å². The lowest BCUT2D eigenvalue weighted by Gasteiger charge is -2.45. The van der Waals surface area contributed by atoms with E-state index in [1.807, 2.05) is 0 Å². The first-order valence-corrected chi connectivity index (χ1v) is 10.3. The van der Waals surface area contributed by atoms with Crippen LogP contribution < -0.4 is 10.1 Å². The van der Waals surface area contributed by atoms with Crippen LogP contribution in [0.15, 0.2) is 24.3 Å². The van der Waals surface area contributed by atoms with E-state index in [-0.39, 0.29) is 11.7 Å². The number of ether oxygens (including phenoxy) is 4. The Labute approximate surface area is 188 Å². The van der Waals surface area contributed by atoms with Gasteiger partial charge in [-0.3, -0.25) is 4.79 Å². The highest BCUT2D eigenvalue weighted by atomic mass is 16.7. The Hall–Kier alpha value is -1.91. The van der Waals surface area contributed by atoms with Gasteiger partial charge < -0.3 is 60.0 Å². The minimum absolute atomic E-state index is 0.241. The molecule has 13 nitrogen and oxygen atoms in total. The van der Waals surface area contributed by atoms with Crippen molar-refractivity contribution in [2.75, 3.05) is 18.5 Å². The molecule has 0 bridgehead atoms. The average molecular weight is 475 g/mol. The van der Waals surface area contributed by atoms with Crippen LogP contribution >= 0.6 is 0 Å². The SMILES string of the molecule is CC(=O)Nc1ccc(O[C@H]2O[C@H](CO)[C@@H](OC3O[C@H](CO)[C@@H](O)[C@H](O)[C@H]3O)[C@H](O)[C@@H]2O)cc1. The standard InChI is InChI=1S/C20H29NO12/c1-8(24)21-9-2-4-10(5-3-9)30-19-17(29)15(27)18(12(7-23)32-19)33-20-16(28)14(26)13(25)11(6-22)31-20/h2-5,11-20,22-23,25-29H,6-7H2,1H3,(H,21,24)/t11-,12-,13-,14+,15-,16-,17+,18-,19+,20?/m1/s1. The van der Waals surface area contributed by atoms with Crippen molar-refractivity contribution < 1.29 is 59.5 Å². The number of carbonyl (C=O) groups is 1. The first-order chi connectivity index (χ1) is 15.7. The van der Waals surface area contributed by atoms with Gasteiger partial charge in [-0.15, -0.1) is 0 Å². The van der Waals surface area contributed by atoms with Crippen LogP contribution in [0.3, 0.4) is 0 Å². The van der Waals surface area contributed by atoms with E-state index in [9.17, 15) is 40.5 Å². The number of nitrogens with one attached hydrogen (secondary N) is 1. The van der Waals surface area contributed by atoms with Gasteiger partial charge in [-0.25, -0.2) is 0 Å². The third kappa shape index (κ3) is 5.78. The molecule has 0 aliphatic carbocycles. The van der Waals surface area contributed by atoms with Gasteiger partial charge in [-0.2, -0.15) is 0 Å². The Morgan fingerprint density at radius 3 is 2.00 bits per heavy atom. The first-order valence-electron chi connectivity index (χ1n) is 10.3. The predicted molar refractivity (Wildman–Crippen MR) is 108 cm³/mol. The van der Waals surface area contributed by atoms with Gasteiger partial charge in [0.25, 0.3) is 0 Å². The van der Waals surface area contributed by atoms with Gasteiger partial charge in [0.05, 0.1) is 13.2 Å². The van der Waals surface area contributed by atoms with E-state index in [1.54, 1.807) is 12.1 Å². The van der Waals surface area contributed by atoms with Crippen LogP contribution in [0.2, 0.25) is 0 Å². The highest BCUT2D eigenvalue weighted by Crippen LogP contribution is 2.30. The summed E-state index contributed by atoms with van der Waals surface area (Å²) in [6, 6.07) is 6.10. The fourth-order valence-corrected chi connectivity index (χ4v) is 3.61. The minimum atomic E-state index is -1.75. The Balaban J connectivity index is 1.68. The molecule has 1 aromatic rings. The molecule has 33 heavy (non-hydrogen) atoms. The van der Waals surface area contributed by atoms with E-state index in [1.165, 1.54) is 19.1 Å². The maximum atomic E-state index is 11.1. The van der Waals surface area contributed by atoms with Crippen LogP contribution in [-0.2, 0) is 19.0 Å². The van der Waals surface area contributed by atoms with Crippen molar-refractivity contribution in [1.82, 2.24) is 0 Å². The molecule has 1 aromatic carbocycles. The number of anilines is 1. The summed E-state index contributed by atoms with van der Waals surface area (Å²) in [6.45, 7) is 0.000118. The van der Waals surface area contributed by atoms with E-state index in [0.29, 0.717) is 5.69 Å². The molecule has 13 heteroatoms. The molecule has 10 atom stereocenters. The zero-order valence-electron chi connectivity index (χ0n) is 17.7. The lowest BCUT2D eigenvalue weighted by molar-refractivity contribution is -0.352. The summed E-state index contributed by atoms with van der Waals surface area (Å²) in [4.78, 5) is 11.1. The second-order valence-corrected chi connectivity index (χ2v) is 7.83. The fraction of sp³-hybridized carbons (Fsp3) is 0.650. The molecular formula is C20H29NO12. The minimum Gasteiger partial charge on any atom is -0.462 e. The molecule has 2 aliphatic rings. The van der Waals surface area contributed by atoms with Crippen LogP contribution in [0.25, 0.3) is 0 Å². The summed E-state index contributed by atoms with van der Waals surface area (Å²) in [5, 5.41) is 72.6. The summed E-state index contributed by atoms with van der Waals surface area (Å²) in [7, 11) is 0. The molecule has 8 N–H and O–H groups in total. The van der Waals surface area contributed by atoms with Gasteiger partial charge in [0.2, 0.25) is 12.2 Å². The van der Waals surface area contributed by atoms with Crippen molar-refractivity contribution in [1.29, 1.82) is 0 Å². The van der Waals surface area contributed by atoms with Gasteiger partial charge >= 0.3 is 0 Å². The van der Waals surface area contributed by atoms with Crippen molar-refractivity contribution in [3.63, 3.8) is 0 Å². The van der Waals surface area contributed by atoms with E-state index in [2.05, 4.69) is 5.32 Å². The van der Waals surface area contributed by atoms with Gasteiger partial charge in [-0.05, 0) is 24.3 Å². The Kier molecular flexibility index (Phi) is 8.58. The number of carbonyl (C=O) groups excluding carboxylic acids is 1. The number of amides is 1. The van der Waals surface area contributed by atoms with Crippen LogP contribution in [0.1, 0.15) is 6.92 Å². The number of rotatable bonds is 7. The van der Waals surface area contributed by atoms with Crippen LogP contribution in [0.4, 0.5) is 5.69 Å². The second-order valence-electron chi connectivity index (χ2n) is 7.83. The maximum Gasteiger partial charge on any atom is 0.229 e. The number of hydrogen-bond donors (Lipinski definition) is 8. The Morgan fingerprint density at radius 1 is 0.848 bits per heavy atom. The maximum absolute atomic E-state index is 11.1. The summed E-state index contributed by atoms with van der Waals surface area (Å²) in [6.07, 6.45) is -15.3. The van der Waals surface area contributed by atoms with Crippen LogP contribution in [0.5, 0.6) is 5.75 Å². The third-order valence-corrected chi connectivity index (χ3v) is 5.39. The summed E-state index contributed by atoms with van der Waals surface area (Å²) in [5.74, 6) is -0.0144. The molecule has 0 radical (unpaired) electrons. The Bertz CT molecular complexity index is 775. The fourth-order valence-electron chi connectivity index (χ4n) is 3.61.